The van der Waals surface area contributed by atoms with Crippen LogP contribution in [0.5, 0.6) is 0 Å². The van der Waals surface area contributed by atoms with Crippen LogP contribution in [0.2, 0.25) is 0 Å². The maximum atomic E-state index is 12.6. The summed E-state index contributed by atoms with van der Waals surface area (Å²) in [5.74, 6) is -0.315. The van der Waals surface area contributed by atoms with Gasteiger partial charge in [-0.3, -0.25) is 9.48 Å². The first-order valence-electron chi connectivity index (χ1n) is 9.40. The standard InChI is InChI=1S/C21H26N4OS/c1-5-7-8-16-9-10-18-19(14-16)27-21(24(18)12-6-2)22-20(26)17-11-13-25(23-17)15(3)4/h6,9-11,13-15H,2,5,7-8,12H2,1,3-4H3. The number of aryl methyl sites for hydroxylation is 1. The molecule has 0 atom stereocenters. The molecule has 6 heteroatoms. The summed E-state index contributed by atoms with van der Waals surface area (Å²) < 4.78 is 4.95. The molecule has 0 N–H and O–H groups in total. The molecule has 2 heterocycles. The zero-order valence-corrected chi connectivity index (χ0v) is 17.0. The van der Waals surface area contributed by atoms with Gasteiger partial charge < -0.3 is 4.57 Å². The summed E-state index contributed by atoms with van der Waals surface area (Å²) in [6.45, 7) is 10.7. The van der Waals surface area contributed by atoms with Crippen molar-refractivity contribution in [3.63, 3.8) is 0 Å². The molecule has 5 nitrogen and oxygen atoms in total. The second kappa shape index (κ2) is 8.48. The molecule has 0 spiro atoms. The first-order valence-corrected chi connectivity index (χ1v) is 10.2. The Labute approximate surface area is 163 Å². The van der Waals surface area contributed by atoms with Crippen molar-refractivity contribution in [2.75, 3.05) is 0 Å². The lowest BCUT2D eigenvalue weighted by Gasteiger charge is -2.03. The van der Waals surface area contributed by atoms with Gasteiger partial charge in [-0.05, 0) is 50.5 Å². The van der Waals surface area contributed by atoms with Gasteiger partial charge in [0.1, 0.15) is 0 Å². The van der Waals surface area contributed by atoms with Gasteiger partial charge in [0.05, 0.1) is 10.2 Å². The van der Waals surface area contributed by atoms with Crippen LogP contribution in [0.4, 0.5) is 0 Å². The van der Waals surface area contributed by atoms with Crippen molar-refractivity contribution < 1.29 is 4.79 Å². The SMILES string of the molecule is C=CCn1c(=NC(=O)c2ccn(C(C)C)n2)sc2cc(CCCC)ccc21. The fourth-order valence-corrected chi connectivity index (χ4v) is 4.03. The number of nitrogens with zero attached hydrogens (tertiary/aromatic N) is 4. The molecule has 3 rings (SSSR count). The van der Waals surface area contributed by atoms with E-state index >= 15 is 0 Å². The summed E-state index contributed by atoms with van der Waals surface area (Å²) in [4.78, 5) is 17.7. The van der Waals surface area contributed by atoms with E-state index in [1.807, 2.05) is 30.7 Å². The summed E-state index contributed by atoms with van der Waals surface area (Å²) in [5, 5.41) is 4.33. The molecule has 0 radical (unpaired) electrons. The third-order valence-corrected chi connectivity index (χ3v) is 5.47. The van der Waals surface area contributed by atoms with Gasteiger partial charge in [0.15, 0.2) is 10.5 Å². The third kappa shape index (κ3) is 4.27. The van der Waals surface area contributed by atoms with E-state index in [1.54, 1.807) is 22.1 Å². The van der Waals surface area contributed by atoms with Gasteiger partial charge in [-0.2, -0.15) is 10.1 Å². The van der Waals surface area contributed by atoms with Crippen LogP contribution in [0.3, 0.4) is 0 Å². The molecule has 0 aliphatic carbocycles. The first-order chi connectivity index (χ1) is 13.0. The number of fused-ring (bicyclic) bond motifs is 1. The molecule has 3 aromatic rings. The average Bonchev–Trinajstić information content (AvgIpc) is 3.26. The van der Waals surface area contributed by atoms with Gasteiger partial charge >= 0.3 is 0 Å². The molecule has 1 aromatic carbocycles. The van der Waals surface area contributed by atoms with Crippen LogP contribution < -0.4 is 4.80 Å². The second-order valence-electron chi connectivity index (χ2n) is 6.88. The number of unbranched alkanes of at least 4 members (excludes halogenated alkanes) is 1. The van der Waals surface area contributed by atoms with E-state index in [-0.39, 0.29) is 11.9 Å². The number of rotatable bonds is 7. The van der Waals surface area contributed by atoms with E-state index in [0.717, 1.165) is 16.6 Å². The molecule has 2 aromatic heterocycles. The Kier molecular flexibility index (Phi) is 6.06. The van der Waals surface area contributed by atoms with Gasteiger partial charge in [-0.25, -0.2) is 0 Å². The number of hydrogen-bond acceptors (Lipinski definition) is 3. The Balaban J connectivity index is 2.02. The van der Waals surface area contributed by atoms with Gasteiger partial charge in [0.2, 0.25) is 0 Å². The molecule has 0 bridgehead atoms. The van der Waals surface area contributed by atoms with E-state index in [2.05, 4.69) is 41.8 Å². The van der Waals surface area contributed by atoms with E-state index in [1.165, 1.54) is 18.4 Å². The monoisotopic (exact) mass is 382 g/mol. The van der Waals surface area contributed by atoms with Crippen LogP contribution >= 0.6 is 11.3 Å². The number of carbonyl (C=O) groups is 1. The van der Waals surface area contributed by atoms with Crippen molar-refractivity contribution in [1.29, 1.82) is 0 Å². The molecule has 0 saturated heterocycles. The highest BCUT2D eigenvalue weighted by atomic mass is 32.1. The lowest BCUT2D eigenvalue weighted by atomic mass is 10.1. The van der Waals surface area contributed by atoms with Crippen molar-refractivity contribution in [2.24, 2.45) is 4.99 Å². The summed E-state index contributed by atoms with van der Waals surface area (Å²) in [6, 6.07) is 8.44. The van der Waals surface area contributed by atoms with E-state index in [4.69, 9.17) is 0 Å². The van der Waals surface area contributed by atoms with Crippen LogP contribution in [-0.4, -0.2) is 20.3 Å². The Morgan fingerprint density at radius 1 is 1.37 bits per heavy atom. The summed E-state index contributed by atoms with van der Waals surface area (Å²) in [7, 11) is 0. The topological polar surface area (TPSA) is 52.2 Å². The van der Waals surface area contributed by atoms with Crippen LogP contribution in [0, 0.1) is 0 Å². The second-order valence-corrected chi connectivity index (χ2v) is 7.89. The maximum Gasteiger partial charge on any atom is 0.300 e. The first kappa shape index (κ1) is 19.3. The van der Waals surface area contributed by atoms with E-state index in [9.17, 15) is 4.79 Å². The van der Waals surface area contributed by atoms with Crippen LogP contribution in [-0.2, 0) is 13.0 Å². The average molecular weight is 383 g/mol. The Hall–Kier alpha value is -2.47. The minimum Gasteiger partial charge on any atom is -0.312 e. The number of hydrogen-bond donors (Lipinski definition) is 0. The largest absolute Gasteiger partial charge is 0.312 e. The molecule has 0 unspecified atom stereocenters. The fraction of sp³-hybridized carbons (Fsp3) is 0.381. The molecule has 0 saturated carbocycles. The normalized spacial score (nSPS) is 12.2. The molecule has 0 aliphatic rings. The molecule has 0 aliphatic heterocycles. The smallest absolute Gasteiger partial charge is 0.300 e. The molecule has 1 amide bonds. The predicted octanol–water partition coefficient (Wildman–Crippen LogP) is 4.75. The van der Waals surface area contributed by atoms with Crippen molar-refractivity contribution in [2.45, 2.75) is 52.6 Å². The number of aromatic nitrogens is 3. The van der Waals surface area contributed by atoms with E-state index < -0.39 is 0 Å². The zero-order valence-electron chi connectivity index (χ0n) is 16.2. The molecular formula is C21H26N4OS. The van der Waals surface area contributed by atoms with Crippen molar-refractivity contribution in [3.8, 4) is 0 Å². The van der Waals surface area contributed by atoms with Gasteiger partial charge in [-0.1, -0.05) is 36.8 Å². The van der Waals surface area contributed by atoms with Gasteiger partial charge in [0, 0.05) is 18.8 Å². The van der Waals surface area contributed by atoms with Crippen LogP contribution in [0.1, 0.15) is 55.7 Å². The Bertz CT molecular complexity index is 1020. The van der Waals surface area contributed by atoms with Crippen molar-refractivity contribution in [3.05, 3.63) is 59.2 Å². The highest BCUT2D eigenvalue weighted by Gasteiger charge is 2.12. The third-order valence-electron chi connectivity index (χ3n) is 4.43. The van der Waals surface area contributed by atoms with Gasteiger partial charge in [-0.15, -0.1) is 6.58 Å². The van der Waals surface area contributed by atoms with E-state index in [0.29, 0.717) is 17.0 Å². The minimum absolute atomic E-state index is 0.211. The molecule has 27 heavy (non-hydrogen) atoms. The number of allylic oxidation sites excluding steroid dienone is 1. The molecule has 142 valence electrons. The Morgan fingerprint density at radius 3 is 2.85 bits per heavy atom. The summed E-state index contributed by atoms with van der Waals surface area (Å²) in [6.07, 6.45) is 7.07. The zero-order chi connectivity index (χ0) is 19.4. The lowest BCUT2D eigenvalue weighted by Crippen LogP contribution is -2.16. The summed E-state index contributed by atoms with van der Waals surface area (Å²) in [5.41, 5.74) is 2.78. The quantitative estimate of drug-likeness (QED) is 0.554. The van der Waals surface area contributed by atoms with Gasteiger partial charge in [0.25, 0.3) is 5.91 Å². The van der Waals surface area contributed by atoms with Crippen molar-refractivity contribution in [1.82, 2.24) is 14.3 Å². The fourth-order valence-electron chi connectivity index (χ4n) is 2.93. The number of thiazole rings is 1. The minimum atomic E-state index is -0.315. The molecule has 0 fully saturated rings. The van der Waals surface area contributed by atoms with Crippen LogP contribution in [0.25, 0.3) is 10.2 Å². The Morgan fingerprint density at radius 2 is 2.19 bits per heavy atom. The highest BCUT2D eigenvalue weighted by Crippen LogP contribution is 2.20. The summed E-state index contributed by atoms with van der Waals surface area (Å²) >= 11 is 1.54. The maximum absolute atomic E-state index is 12.6. The molecular weight excluding hydrogens is 356 g/mol. The lowest BCUT2D eigenvalue weighted by molar-refractivity contribution is 0.0992. The number of carbonyl (C=O) groups excluding carboxylic acids is 1. The predicted molar refractivity (Wildman–Crippen MR) is 111 cm³/mol. The van der Waals surface area contributed by atoms with Crippen molar-refractivity contribution >= 4 is 27.5 Å². The highest BCUT2D eigenvalue weighted by molar-refractivity contribution is 7.16. The van der Waals surface area contributed by atoms with Crippen LogP contribution in [0.15, 0.2) is 48.1 Å². The number of benzene rings is 1. The number of amides is 1.